The minimum Gasteiger partial charge on any atom is -0.339 e. The zero-order valence-electron chi connectivity index (χ0n) is 16.8. The van der Waals surface area contributed by atoms with Crippen LogP contribution in [0.2, 0.25) is 0 Å². The number of fused-ring (bicyclic) bond motifs is 1. The van der Waals surface area contributed by atoms with Crippen LogP contribution in [0, 0.1) is 17.6 Å². The van der Waals surface area contributed by atoms with Gasteiger partial charge in [-0.1, -0.05) is 0 Å². The Morgan fingerprint density at radius 3 is 2.68 bits per heavy atom. The zero-order valence-corrected chi connectivity index (χ0v) is 16.8. The number of halogens is 2. The van der Waals surface area contributed by atoms with Gasteiger partial charge in [0.1, 0.15) is 17.3 Å². The quantitative estimate of drug-likeness (QED) is 0.536. The van der Waals surface area contributed by atoms with E-state index in [1.807, 2.05) is 18.6 Å². The number of piperidine rings is 1. The van der Waals surface area contributed by atoms with E-state index in [9.17, 15) is 13.6 Å². The predicted octanol–water partition coefficient (Wildman–Crippen LogP) is 4.26. The average molecular weight is 421 g/mol. The number of carbonyl (C=O) groups excluding carboxylic acids is 1. The summed E-state index contributed by atoms with van der Waals surface area (Å²) in [6.07, 6.45) is 9.15. The van der Waals surface area contributed by atoms with Gasteiger partial charge in [0.05, 0.1) is 11.8 Å². The maximum Gasteiger partial charge on any atom is 0.256 e. The lowest BCUT2D eigenvalue weighted by atomic mass is 9.96. The molecule has 31 heavy (non-hydrogen) atoms. The minimum atomic E-state index is -0.813. The highest BCUT2D eigenvalue weighted by molar-refractivity contribution is 5.94. The average Bonchev–Trinajstić information content (AvgIpc) is 3.44. The molecule has 6 nitrogen and oxygen atoms in total. The number of nitrogens with one attached hydrogen (secondary N) is 1. The SMILES string of the molecule is O=C(c1ccc(F)cc1F)N1CCC(Cn2ccc3cc(-c4cn[nH]c4)cnc32)CC1. The third-order valence-corrected chi connectivity index (χ3v) is 5.95. The van der Waals surface area contributed by atoms with Crippen molar-refractivity contribution in [2.75, 3.05) is 13.1 Å². The van der Waals surface area contributed by atoms with E-state index in [0.29, 0.717) is 19.0 Å². The Morgan fingerprint density at radius 2 is 1.94 bits per heavy atom. The van der Waals surface area contributed by atoms with Gasteiger partial charge in [-0.3, -0.25) is 9.89 Å². The number of likely N-dealkylation sites (tertiary alicyclic amines) is 1. The molecule has 4 heterocycles. The minimum absolute atomic E-state index is 0.0751. The number of benzene rings is 1. The fourth-order valence-corrected chi connectivity index (χ4v) is 4.22. The van der Waals surface area contributed by atoms with E-state index < -0.39 is 11.6 Å². The van der Waals surface area contributed by atoms with Crippen LogP contribution in [-0.2, 0) is 6.54 Å². The summed E-state index contributed by atoms with van der Waals surface area (Å²) in [5.74, 6) is -1.48. The van der Waals surface area contributed by atoms with Gasteiger partial charge in [0.25, 0.3) is 5.91 Å². The van der Waals surface area contributed by atoms with E-state index >= 15 is 0 Å². The highest BCUT2D eigenvalue weighted by Gasteiger charge is 2.26. The number of hydrogen-bond donors (Lipinski definition) is 1. The van der Waals surface area contributed by atoms with Crippen LogP contribution < -0.4 is 0 Å². The first-order valence-corrected chi connectivity index (χ1v) is 10.3. The Morgan fingerprint density at radius 1 is 1.10 bits per heavy atom. The molecule has 0 unspecified atom stereocenters. The first-order chi connectivity index (χ1) is 15.1. The lowest BCUT2D eigenvalue weighted by molar-refractivity contribution is 0.0678. The van der Waals surface area contributed by atoms with Gasteiger partial charge in [0, 0.05) is 60.8 Å². The summed E-state index contributed by atoms with van der Waals surface area (Å²) in [6.45, 7) is 1.92. The van der Waals surface area contributed by atoms with Crippen molar-refractivity contribution in [2.45, 2.75) is 19.4 Å². The number of H-pyrrole nitrogens is 1. The monoisotopic (exact) mass is 421 g/mol. The summed E-state index contributed by atoms with van der Waals surface area (Å²) >= 11 is 0. The van der Waals surface area contributed by atoms with Gasteiger partial charge in [-0.15, -0.1) is 0 Å². The van der Waals surface area contributed by atoms with E-state index in [-0.39, 0.29) is 11.5 Å². The zero-order chi connectivity index (χ0) is 21.4. The summed E-state index contributed by atoms with van der Waals surface area (Å²) in [4.78, 5) is 18.9. The molecule has 3 aromatic heterocycles. The molecule has 1 aliphatic heterocycles. The molecule has 158 valence electrons. The Kier molecular flexibility index (Phi) is 4.97. The summed E-state index contributed by atoms with van der Waals surface area (Å²) in [7, 11) is 0. The normalized spacial score (nSPS) is 15.0. The Bertz CT molecular complexity index is 1230. The van der Waals surface area contributed by atoms with E-state index in [1.165, 1.54) is 6.07 Å². The molecule has 0 aliphatic carbocycles. The topological polar surface area (TPSA) is 66.8 Å². The van der Waals surface area contributed by atoms with Crippen LogP contribution in [0.15, 0.2) is 55.1 Å². The molecule has 4 aromatic rings. The van der Waals surface area contributed by atoms with Crippen LogP contribution in [0.5, 0.6) is 0 Å². The molecule has 0 radical (unpaired) electrons. The number of hydrogen-bond acceptors (Lipinski definition) is 3. The molecule has 1 fully saturated rings. The molecule has 0 bridgehead atoms. The molecular formula is C23H21F2N5O. The lowest BCUT2D eigenvalue weighted by Gasteiger charge is -2.32. The summed E-state index contributed by atoms with van der Waals surface area (Å²) in [5.41, 5.74) is 2.86. The number of amides is 1. The number of aromatic nitrogens is 4. The first kappa shape index (κ1) is 19.4. The fourth-order valence-electron chi connectivity index (χ4n) is 4.22. The first-order valence-electron chi connectivity index (χ1n) is 10.3. The van der Waals surface area contributed by atoms with E-state index in [0.717, 1.165) is 53.7 Å². The number of rotatable bonds is 4. The second-order valence-corrected chi connectivity index (χ2v) is 7.95. The number of nitrogens with zero attached hydrogens (tertiary/aromatic N) is 4. The third kappa shape index (κ3) is 3.81. The van der Waals surface area contributed by atoms with Crippen molar-refractivity contribution >= 4 is 16.9 Å². The Balaban J connectivity index is 1.24. The summed E-state index contributed by atoms with van der Waals surface area (Å²) < 4.78 is 29.2. The van der Waals surface area contributed by atoms with Gasteiger partial charge < -0.3 is 9.47 Å². The van der Waals surface area contributed by atoms with Crippen molar-refractivity contribution in [1.82, 2.24) is 24.6 Å². The van der Waals surface area contributed by atoms with E-state index in [4.69, 9.17) is 0 Å². The second-order valence-electron chi connectivity index (χ2n) is 7.95. The highest BCUT2D eigenvalue weighted by Crippen LogP contribution is 2.26. The highest BCUT2D eigenvalue weighted by atomic mass is 19.1. The van der Waals surface area contributed by atoms with Gasteiger partial charge in [-0.05, 0) is 43.0 Å². The summed E-state index contributed by atoms with van der Waals surface area (Å²) in [6, 6.07) is 7.24. The van der Waals surface area contributed by atoms with Gasteiger partial charge in [-0.2, -0.15) is 5.10 Å². The molecule has 1 aromatic carbocycles. The van der Waals surface area contributed by atoms with Crippen LogP contribution in [-0.4, -0.2) is 43.6 Å². The van der Waals surface area contributed by atoms with Crippen LogP contribution in [0.3, 0.4) is 0 Å². The van der Waals surface area contributed by atoms with Gasteiger partial charge in [-0.25, -0.2) is 13.8 Å². The van der Waals surface area contributed by atoms with Crippen LogP contribution in [0.4, 0.5) is 8.78 Å². The number of aromatic amines is 1. The molecular weight excluding hydrogens is 400 g/mol. The van der Waals surface area contributed by atoms with Crippen molar-refractivity contribution in [3.8, 4) is 11.1 Å². The Hall–Kier alpha value is -3.55. The number of pyridine rings is 1. The Labute approximate surface area is 177 Å². The third-order valence-electron chi connectivity index (χ3n) is 5.95. The van der Waals surface area contributed by atoms with Crippen molar-refractivity contribution < 1.29 is 13.6 Å². The lowest BCUT2D eigenvalue weighted by Crippen LogP contribution is -2.39. The second kappa shape index (κ2) is 7.94. The molecule has 5 rings (SSSR count). The molecule has 1 saturated heterocycles. The van der Waals surface area contributed by atoms with Gasteiger partial charge in [0.15, 0.2) is 0 Å². The fraction of sp³-hybridized carbons (Fsp3) is 0.261. The molecule has 1 N–H and O–H groups in total. The van der Waals surface area contributed by atoms with Gasteiger partial charge >= 0.3 is 0 Å². The van der Waals surface area contributed by atoms with E-state index in [1.54, 1.807) is 11.1 Å². The van der Waals surface area contributed by atoms with Crippen molar-refractivity contribution in [3.63, 3.8) is 0 Å². The molecule has 0 spiro atoms. The van der Waals surface area contributed by atoms with E-state index in [2.05, 4.69) is 31.9 Å². The number of carbonyl (C=O) groups is 1. The van der Waals surface area contributed by atoms with Crippen LogP contribution in [0.1, 0.15) is 23.2 Å². The smallest absolute Gasteiger partial charge is 0.256 e. The predicted molar refractivity (Wildman–Crippen MR) is 112 cm³/mol. The van der Waals surface area contributed by atoms with Crippen molar-refractivity contribution in [3.05, 3.63) is 72.3 Å². The standard InChI is InChI=1S/C23H21F2N5O/c24-19-1-2-20(21(25)10-19)23(31)29-6-3-15(4-7-29)14-30-8-5-16-9-17(11-26-22(16)30)18-12-27-28-13-18/h1-2,5,8-13,15H,3-4,6-7,14H2,(H,27,28). The maximum absolute atomic E-state index is 13.9. The van der Waals surface area contributed by atoms with Crippen LogP contribution >= 0.6 is 0 Å². The molecule has 1 aliphatic rings. The van der Waals surface area contributed by atoms with Crippen molar-refractivity contribution in [2.24, 2.45) is 5.92 Å². The molecule has 0 atom stereocenters. The molecule has 8 heteroatoms. The van der Waals surface area contributed by atoms with Crippen LogP contribution in [0.25, 0.3) is 22.2 Å². The van der Waals surface area contributed by atoms with Gasteiger partial charge in [0.2, 0.25) is 0 Å². The van der Waals surface area contributed by atoms with Crippen molar-refractivity contribution in [1.29, 1.82) is 0 Å². The summed E-state index contributed by atoms with van der Waals surface area (Å²) in [5, 5.41) is 7.87. The molecule has 1 amide bonds. The molecule has 0 saturated carbocycles. The maximum atomic E-state index is 13.9. The largest absolute Gasteiger partial charge is 0.339 e.